The maximum Gasteiger partial charge on any atom is 0.407 e. The number of hydrogen-bond donors (Lipinski definition) is 3. The average Bonchev–Trinajstić information content (AvgIpc) is 3.08. The summed E-state index contributed by atoms with van der Waals surface area (Å²) in [6.45, 7) is 2.28. The lowest BCUT2D eigenvalue weighted by Gasteiger charge is -2.33. The molecule has 0 aromatic heterocycles. The van der Waals surface area contributed by atoms with Crippen LogP contribution in [0, 0.1) is 11.8 Å². The molecule has 2 aliphatic carbocycles. The molecule has 2 aromatic carbocycles. The first-order valence-corrected chi connectivity index (χ1v) is 11.1. The summed E-state index contributed by atoms with van der Waals surface area (Å²) in [5.41, 5.74) is 4.63. The predicted molar refractivity (Wildman–Crippen MR) is 119 cm³/mol. The van der Waals surface area contributed by atoms with Gasteiger partial charge in [0.05, 0.1) is 11.8 Å². The second-order valence-electron chi connectivity index (χ2n) is 8.52. The molecule has 4 rings (SSSR count). The zero-order valence-corrected chi connectivity index (χ0v) is 18.0. The minimum atomic E-state index is -0.820. The lowest BCUT2D eigenvalue weighted by Crippen LogP contribution is -2.49. The lowest BCUT2D eigenvalue weighted by atomic mass is 9.80. The van der Waals surface area contributed by atoms with Crippen molar-refractivity contribution in [3.05, 3.63) is 59.7 Å². The van der Waals surface area contributed by atoms with Crippen LogP contribution in [0.5, 0.6) is 0 Å². The Balaban J connectivity index is 1.27. The maximum absolute atomic E-state index is 12.5. The van der Waals surface area contributed by atoms with Crippen molar-refractivity contribution in [1.82, 2.24) is 10.6 Å². The van der Waals surface area contributed by atoms with Crippen LogP contribution in [0.2, 0.25) is 0 Å². The fraction of sp³-hybridized carbons (Fsp3) is 0.400. The first kappa shape index (κ1) is 21.9. The van der Waals surface area contributed by atoms with Crippen LogP contribution in [-0.4, -0.2) is 42.3 Å². The fourth-order valence-corrected chi connectivity index (χ4v) is 4.53. The minimum Gasteiger partial charge on any atom is -0.481 e. The maximum atomic E-state index is 12.5. The molecule has 168 valence electrons. The highest BCUT2D eigenvalue weighted by Crippen LogP contribution is 2.44. The number of fused-ring (bicyclic) bond motifs is 3. The van der Waals surface area contributed by atoms with Crippen molar-refractivity contribution in [2.45, 2.75) is 38.1 Å². The van der Waals surface area contributed by atoms with Gasteiger partial charge in [0.25, 0.3) is 0 Å². The molecule has 0 bridgehead atoms. The molecule has 0 spiro atoms. The highest BCUT2D eigenvalue weighted by atomic mass is 16.5. The monoisotopic (exact) mass is 436 g/mol. The number of rotatable bonds is 8. The standard InChI is InChI=1S/C25H28N2O5/c1-2-15(23(28)27-17-11-16(12-17)24(29)30)13-26-25(31)32-14-22-20-9-5-3-7-18(20)19-8-4-6-10-21(19)22/h3-10,15-17,22H,2,11-14H2,1H3,(H,26,31)(H,27,28)(H,29,30). The summed E-state index contributed by atoms with van der Waals surface area (Å²) in [4.78, 5) is 35.7. The molecule has 32 heavy (non-hydrogen) atoms. The Labute approximate surface area is 187 Å². The fourth-order valence-electron chi connectivity index (χ4n) is 4.53. The highest BCUT2D eigenvalue weighted by molar-refractivity contribution is 5.81. The van der Waals surface area contributed by atoms with E-state index in [1.165, 1.54) is 11.1 Å². The Morgan fingerprint density at radius 1 is 1.03 bits per heavy atom. The molecule has 2 amide bonds. The smallest absolute Gasteiger partial charge is 0.407 e. The predicted octanol–water partition coefficient (Wildman–Crippen LogP) is 3.53. The van der Waals surface area contributed by atoms with Crippen LogP contribution >= 0.6 is 0 Å². The highest BCUT2D eigenvalue weighted by Gasteiger charge is 2.36. The number of alkyl carbamates (subject to hydrolysis) is 1. The number of carbonyl (C=O) groups is 3. The van der Waals surface area contributed by atoms with Crippen LogP contribution in [-0.2, 0) is 14.3 Å². The number of carbonyl (C=O) groups excluding carboxylic acids is 2. The van der Waals surface area contributed by atoms with Crippen LogP contribution < -0.4 is 10.6 Å². The minimum absolute atomic E-state index is 0.0146. The topological polar surface area (TPSA) is 105 Å². The SMILES string of the molecule is CCC(CNC(=O)OCC1c2ccccc2-c2ccccc21)C(=O)NC1CC(C(=O)O)C1. The third-order valence-electron chi connectivity index (χ3n) is 6.53. The summed E-state index contributed by atoms with van der Waals surface area (Å²) in [6, 6.07) is 16.2. The van der Waals surface area contributed by atoms with E-state index in [2.05, 4.69) is 34.9 Å². The second kappa shape index (κ2) is 9.42. The van der Waals surface area contributed by atoms with Gasteiger partial charge in [-0.15, -0.1) is 0 Å². The zero-order valence-electron chi connectivity index (χ0n) is 18.0. The van der Waals surface area contributed by atoms with Gasteiger partial charge in [-0.25, -0.2) is 4.79 Å². The Morgan fingerprint density at radius 3 is 2.19 bits per heavy atom. The van der Waals surface area contributed by atoms with Crippen molar-refractivity contribution in [3.8, 4) is 11.1 Å². The van der Waals surface area contributed by atoms with Gasteiger partial charge in [-0.3, -0.25) is 9.59 Å². The van der Waals surface area contributed by atoms with E-state index in [4.69, 9.17) is 9.84 Å². The molecule has 1 fully saturated rings. The second-order valence-corrected chi connectivity index (χ2v) is 8.52. The van der Waals surface area contributed by atoms with Gasteiger partial charge < -0.3 is 20.5 Å². The van der Waals surface area contributed by atoms with Crippen molar-refractivity contribution in [2.75, 3.05) is 13.2 Å². The number of nitrogens with one attached hydrogen (secondary N) is 2. The number of benzene rings is 2. The van der Waals surface area contributed by atoms with E-state index >= 15 is 0 Å². The first-order chi connectivity index (χ1) is 15.5. The van der Waals surface area contributed by atoms with E-state index in [0.29, 0.717) is 19.3 Å². The average molecular weight is 437 g/mol. The van der Waals surface area contributed by atoms with E-state index in [1.807, 2.05) is 31.2 Å². The van der Waals surface area contributed by atoms with Gasteiger partial charge in [-0.1, -0.05) is 55.5 Å². The Bertz CT molecular complexity index is 969. The van der Waals surface area contributed by atoms with E-state index in [9.17, 15) is 14.4 Å². The number of carboxylic acids is 1. The van der Waals surface area contributed by atoms with E-state index in [1.54, 1.807) is 0 Å². The van der Waals surface area contributed by atoms with Gasteiger partial charge >= 0.3 is 12.1 Å². The molecule has 7 heteroatoms. The van der Waals surface area contributed by atoms with Crippen LogP contribution in [0.1, 0.15) is 43.2 Å². The zero-order chi connectivity index (χ0) is 22.7. The largest absolute Gasteiger partial charge is 0.481 e. The van der Waals surface area contributed by atoms with Crippen molar-refractivity contribution in [2.24, 2.45) is 11.8 Å². The lowest BCUT2D eigenvalue weighted by molar-refractivity contribution is -0.146. The van der Waals surface area contributed by atoms with Crippen molar-refractivity contribution in [1.29, 1.82) is 0 Å². The van der Waals surface area contributed by atoms with Crippen molar-refractivity contribution < 1.29 is 24.2 Å². The summed E-state index contributed by atoms with van der Waals surface area (Å²) >= 11 is 0. The third kappa shape index (κ3) is 4.47. The molecule has 0 aliphatic heterocycles. The van der Waals surface area contributed by atoms with Crippen molar-refractivity contribution in [3.63, 3.8) is 0 Å². The van der Waals surface area contributed by atoms with E-state index in [-0.39, 0.29) is 42.9 Å². The number of hydrogen-bond acceptors (Lipinski definition) is 4. The summed E-state index contributed by atoms with van der Waals surface area (Å²) in [7, 11) is 0. The molecule has 1 unspecified atom stereocenters. The van der Waals surface area contributed by atoms with Gasteiger partial charge in [-0.2, -0.15) is 0 Å². The van der Waals surface area contributed by atoms with Gasteiger partial charge in [0.1, 0.15) is 6.61 Å². The van der Waals surface area contributed by atoms with Gasteiger partial charge in [0, 0.05) is 18.5 Å². The Morgan fingerprint density at radius 2 is 1.62 bits per heavy atom. The van der Waals surface area contributed by atoms with Gasteiger partial charge in [0.15, 0.2) is 0 Å². The van der Waals surface area contributed by atoms with Crippen LogP contribution in [0.3, 0.4) is 0 Å². The molecule has 1 saturated carbocycles. The molecule has 2 aliphatic rings. The van der Waals surface area contributed by atoms with E-state index < -0.39 is 12.1 Å². The molecular formula is C25H28N2O5. The Hall–Kier alpha value is -3.35. The Kier molecular flexibility index (Phi) is 6.44. The molecule has 3 N–H and O–H groups in total. The molecule has 1 atom stereocenters. The van der Waals surface area contributed by atoms with Crippen LogP contribution in [0.15, 0.2) is 48.5 Å². The molecule has 7 nitrogen and oxygen atoms in total. The number of ether oxygens (including phenoxy) is 1. The summed E-state index contributed by atoms with van der Waals surface area (Å²) in [5.74, 6) is -1.77. The molecule has 0 radical (unpaired) electrons. The van der Waals surface area contributed by atoms with Crippen LogP contribution in [0.4, 0.5) is 4.79 Å². The van der Waals surface area contributed by atoms with Gasteiger partial charge in [0.2, 0.25) is 5.91 Å². The van der Waals surface area contributed by atoms with Crippen molar-refractivity contribution >= 4 is 18.0 Å². The van der Waals surface area contributed by atoms with E-state index in [0.717, 1.165) is 11.1 Å². The van der Waals surface area contributed by atoms with Gasteiger partial charge in [-0.05, 0) is 41.5 Å². The third-order valence-corrected chi connectivity index (χ3v) is 6.53. The van der Waals surface area contributed by atoms with Crippen LogP contribution in [0.25, 0.3) is 11.1 Å². The summed E-state index contributed by atoms with van der Waals surface area (Å²) in [6.07, 6.45) is 0.923. The number of carboxylic acid groups (broad SMARTS) is 1. The normalized spacial score (nSPS) is 19.8. The molecule has 0 saturated heterocycles. The summed E-state index contributed by atoms with van der Waals surface area (Å²) < 4.78 is 5.52. The number of aliphatic carboxylic acids is 1. The number of amides is 2. The first-order valence-electron chi connectivity index (χ1n) is 11.1. The summed E-state index contributed by atoms with van der Waals surface area (Å²) in [5, 5.41) is 14.5. The molecule has 2 aromatic rings. The molecular weight excluding hydrogens is 408 g/mol. The molecule has 0 heterocycles. The quantitative estimate of drug-likeness (QED) is 0.587.